The van der Waals surface area contributed by atoms with Gasteiger partial charge in [-0.2, -0.15) is 0 Å². The molecular formula is C13H18N2Si. The van der Waals surface area contributed by atoms with Crippen molar-refractivity contribution in [3.63, 3.8) is 0 Å². The van der Waals surface area contributed by atoms with E-state index >= 15 is 0 Å². The zero-order valence-corrected chi connectivity index (χ0v) is 11.2. The number of pyridine rings is 1. The fourth-order valence-corrected chi connectivity index (χ4v) is 1.77. The highest BCUT2D eigenvalue weighted by Gasteiger charge is 2.20. The minimum Gasteiger partial charge on any atom is -0.367 e. The summed E-state index contributed by atoms with van der Waals surface area (Å²) in [7, 11) is -1.27. The van der Waals surface area contributed by atoms with E-state index in [0.717, 1.165) is 11.4 Å². The number of nitrogens with one attached hydrogen (secondary N) is 1. The summed E-state index contributed by atoms with van der Waals surface area (Å²) in [6.45, 7) is 6.74. The normalized spacial score (nSPS) is 15.2. The van der Waals surface area contributed by atoms with E-state index in [4.69, 9.17) is 0 Å². The molecule has 1 fully saturated rings. The van der Waals surface area contributed by atoms with E-state index in [1.807, 2.05) is 18.3 Å². The standard InChI is InChI=1S/C13H18N2Si/c1-16(2,3)9-8-11-4-7-13(14-10-11)15-12-5-6-12/h4,7,10,12H,5-6H2,1-3H3,(H,14,15). The van der Waals surface area contributed by atoms with E-state index < -0.39 is 8.07 Å². The van der Waals surface area contributed by atoms with Crippen LogP contribution in [0.3, 0.4) is 0 Å². The van der Waals surface area contributed by atoms with Gasteiger partial charge in [-0.3, -0.25) is 0 Å². The molecule has 2 rings (SSSR count). The average molecular weight is 230 g/mol. The van der Waals surface area contributed by atoms with Crippen molar-refractivity contribution in [1.82, 2.24) is 4.98 Å². The van der Waals surface area contributed by atoms with Crippen LogP contribution in [0.4, 0.5) is 5.82 Å². The maximum atomic E-state index is 4.36. The third-order valence-corrected chi connectivity index (χ3v) is 3.15. The SMILES string of the molecule is C[Si](C)(C)C#Cc1ccc(NC2CC2)nc1. The van der Waals surface area contributed by atoms with Crippen molar-refractivity contribution >= 4 is 13.9 Å². The van der Waals surface area contributed by atoms with Crippen LogP contribution in [0.2, 0.25) is 19.6 Å². The van der Waals surface area contributed by atoms with Gasteiger partial charge in [-0.1, -0.05) is 25.6 Å². The molecule has 16 heavy (non-hydrogen) atoms. The second kappa shape index (κ2) is 4.30. The fourth-order valence-electron chi connectivity index (χ4n) is 1.25. The van der Waals surface area contributed by atoms with E-state index in [2.05, 4.69) is 41.4 Å². The molecule has 0 bridgehead atoms. The number of hydrogen-bond donors (Lipinski definition) is 1. The highest BCUT2D eigenvalue weighted by molar-refractivity contribution is 6.83. The Morgan fingerprint density at radius 3 is 2.56 bits per heavy atom. The first-order valence-corrected chi connectivity index (χ1v) is 9.29. The Morgan fingerprint density at radius 1 is 1.31 bits per heavy atom. The zero-order chi connectivity index (χ0) is 11.6. The third-order valence-electron chi connectivity index (χ3n) is 2.27. The van der Waals surface area contributed by atoms with Crippen molar-refractivity contribution < 1.29 is 0 Å². The molecule has 0 radical (unpaired) electrons. The molecule has 0 aliphatic heterocycles. The van der Waals surface area contributed by atoms with Crippen LogP contribution in [0.5, 0.6) is 0 Å². The maximum absolute atomic E-state index is 4.36. The van der Waals surface area contributed by atoms with Gasteiger partial charge in [-0.25, -0.2) is 4.98 Å². The Bertz CT molecular complexity index is 416. The first-order valence-electron chi connectivity index (χ1n) is 5.79. The Kier molecular flexibility index (Phi) is 3.02. The van der Waals surface area contributed by atoms with Crippen LogP contribution in [0.15, 0.2) is 18.3 Å². The van der Waals surface area contributed by atoms with Crippen molar-refractivity contribution in [2.24, 2.45) is 0 Å². The third kappa shape index (κ3) is 3.71. The van der Waals surface area contributed by atoms with Crippen molar-refractivity contribution in [2.45, 2.75) is 38.5 Å². The first kappa shape index (κ1) is 11.2. The lowest BCUT2D eigenvalue weighted by molar-refractivity contribution is 1.11. The molecule has 0 unspecified atom stereocenters. The molecule has 0 saturated heterocycles. The Balaban J connectivity index is 2.02. The molecule has 1 aliphatic carbocycles. The Hall–Kier alpha value is -1.27. The molecule has 1 N–H and O–H groups in total. The van der Waals surface area contributed by atoms with Gasteiger partial charge >= 0.3 is 0 Å². The maximum Gasteiger partial charge on any atom is 0.129 e. The number of nitrogens with zero attached hydrogens (tertiary/aromatic N) is 1. The largest absolute Gasteiger partial charge is 0.367 e. The summed E-state index contributed by atoms with van der Waals surface area (Å²) in [5.74, 6) is 4.18. The summed E-state index contributed by atoms with van der Waals surface area (Å²) in [5.41, 5.74) is 4.36. The molecular weight excluding hydrogens is 212 g/mol. The van der Waals surface area contributed by atoms with E-state index in [-0.39, 0.29) is 0 Å². The minimum absolute atomic E-state index is 0.659. The van der Waals surface area contributed by atoms with Gasteiger partial charge in [0, 0.05) is 17.8 Å². The summed E-state index contributed by atoms with van der Waals surface area (Å²) in [4.78, 5) is 4.36. The Morgan fingerprint density at radius 2 is 2.06 bits per heavy atom. The second-order valence-electron chi connectivity index (χ2n) is 5.35. The summed E-state index contributed by atoms with van der Waals surface area (Å²) in [6, 6.07) is 4.73. The van der Waals surface area contributed by atoms with Gasteiger partial charge in [0.25, 0.3) is 0 Å². The summed E-state index contributed by atoms with van der Waals surface area (Å²) < 4.78 is 0. The van der Waals surface area contributed by atoms with E-state index in [1.165, 1.54) is 12.8 Å². The topological polar surface area (TPSA) is 24.9 Å². The van der Waals surface area contributed by atoms with Crippen LogP contribution in [0.1, 0.15) is 18.4 Å². The fraction of sp³-hybridized carbons (Fsp3) is 0.462. The molecule has 1 heterocycles. The van der Waals surface area contributed by atoms with Crippen molar-refractivity contribution in [2.75, 3.05) is 5.32 Å². The predicted molar refractivity (Wildman–Crippen MR) is 71.1 cm³/mol. The highest BCUT2D eigenvalue weighted by Crippen LogP contribution is 2.23. The number of rotatable bonds is 2. The second-order valence-corrected chi connectivity index (χ2v) is 10.1. The lowest BCUT2D eigenvalue weighted by Crippen LogP contribution is -2.16. The molecule has 84 valence electrons. The molecule has 1 aliphatic rings. The van der Waals surface area contributed by atoms with E-state index in [0.29, 0.717) is 6.04 Å². The van der Waals surface area contributed by atoms with Gasteiger partial charge in [0.1, 0.15) is 13.9 Å². The number of hydrogen-bond acceptors (Lipinski definition) is 2. The number of anilines is 1. The smallest absolute Gasteiger partial charge is 0.129 e. The van der Waals surface area contributed by atoms with Crippen LogP contribution < -0.4 is 5.32 Å². The van der Waals surface area contributed by atoms with Gasteiger partial charge in [0.2, 0.25) is 0 Å². The Labute approximate surface area is 98.5 Å². The minimum atomic E-state index is -1.27. The number of aromatic nitrogens is 1. The molecule has 0 aromatic carbocycles. The van der Waals surface area contributed by atoms with Gasteiger partial charge in [-0.05, 0) is 25.0 Å². The summed E-state index contributed by atoms with van der Waals surface area (Å²) in [6.07, 6.45) is 4.41. The van der Waals surface area contributed by atoms with Gasteiger partial charge in [0.05, 0.1) is 0 Å². The monoisotopic (exact) mass is 230 g/mol. The zero-order valence-electron chi connectivity index (χ0n) is 10.2. The first-order chi connectivity index (χ1) is 7.53. The quantitative estimate of drug-likeness (QED) is 0.624. The van der Waals surface area contributed by atoms with E-state index in [1.54, 1.807) is 0 Å². The lowest BCUT2D eigenvalue weighted by atomic mass is 10.3. The van der Waals surface area contributed by atoms with Gasteiger partial charge < -0.3 is 5.32 Å². The molecule has 0 spiro atoms. The summed E-state index contributed by atoms with van der Waals surface area (Å²) >= 11 is 0. The molecule has 3 heteroatoms. The van der Waals surface area contributed by atoms with Gasteiger partial charge in [-0.15, -0.1) is 5.54 Å². The van der Waals surface area contributed by atoms with E-state index in [9.17, 15) is 0 Å². The molecule has 1 saturated carbocycles. The predicted octanol–water partition coefficient (Wildman–Crippen LogP) is 2.88. The van der Waals surface area contributed by atoms with Crippen molar-refractivity contribution in [3.05, 3.63) is 23.9 Å². The van der Waals surface area contributed by atoms with Crippen molar-refractivity contribution in [3.8, 4) is 11.5 Å². The van der Waals surface area contributed by atoms with Gasteiger partial charge in [0.15, 0.2) is 0 Å². The molecule has 2 nitrogen and oxygen atoms in total. The lowest BCUT2D eigenvalue weighted by Gasteiger charge is -2.04. The van der Waals surface area contributed by atoms with Crippen LogP contribution in [0, 0.1) is 11.5 Å². The molecule has 1 aromatic rings. The van der Waals surface area contributed by atoms with Crippen LogP contribution >= 0.6 is 0 Å². The average Bonchev–Trinajstić information content (AvgIpc) is 3.00. The molecule has 1 aromatic heterocycles. The molecule has 0 amide bonds. The van der Waals surface area contributed by atoms with Crippen LogP contribution in [-0.2, 0) is 0 Å². The highest BCUT2D eigenvalue weighted by atomic mass is 28.3. The summed E-state index contributed by atoms with van der Waals surface area (Å²) in [5, 5.41) is 3.36. The molecule has 0 atom stereocenters. The van der Waals surface area contributed by atoms with Crippen LogP contribution in [0.25, 0.3) is 0 Å². The van der Waals surface area contributed by atoms with Crippen LogP contribution in [-0.4, -0.2) is 19.1 Å². The van der Waals surface area contributed by atoms with Crippen molar-refractivity contribution in [1.29, 1.82) is 0 Å².